The molecule has 0 spiro atoms. The maximum Gasteiger partial charge on any atom is 0.123 e. The molecule has 4 aromatic rings. The van der Waals surface area contributed by atoms with Gasteiger partial charge in [-0.1, -0.05) is 127 Å². The van der Waals surface area contributed by atoms with Gasteiger partial charge < -0.3 is 4.74 Å². The predicted octanol–water partition coefficient (Wildman–Crippen LogP) is 8.13. The fourth-order valence-corrected chi connectivity index (χ4v) is 4.16. The third kappa shape index (κ3) is 5.05. The molecule has 0 aliphatic carbocycles. The fourth-order valence-electron chi connectivity index (χ4n) is 4.16. The van der Waals surface area contributed by atoms with E-state index in [-0.39, 0.29) is 0 Å². The van der Waals surface area contributed by atoms with Crippen LogP contribution in [-0.2, 0) is 6.42 Å². The van der Waals surface area contributed by atoms with Gasteiger partial charge in [-0.05, 0) is 39.4 Å². The number of ether oxygens (including phenoxy) is 1. The molecule has 0 radical (unpaired) electrons. The Morgan fingerprint density at radius 3 is 1.55 bits per heavy atom. The number of fused-ring (bicyclic) bond motifs is 1. The smallest absolute Gasteiger partial charge is 0.123 e. The van der Waals surface area contributed by atoms with Crippen molar-refractivity contribution < 1.29 is 4.74 Å². The van der Waals surface area contributed by atoms with Crippen LogP contribution in [0.15, 0.2) is 97.1 Å². The second-order valence-corrected chi connectivity index (χ2v) is 8.10. The largest absolute Gasteiger partial charge is 0.493 e. The summed E-state index contributed by atoms with van der Waals surface area (Å²) in [7, 11) is 0. The first kappa shape index (κ1) is 20.8. The molecule has 33 heavy (non-hydrogen) atoms. The zero-order chi connectivity index (χ0) is 22.3. The Hall–Kier alpha value is -4.10. The summed E-state index contributed by atoms with van der Waals surface area (Å²) in [6.45, 7) is 0.731. The molecule has 0 N–H and O–H groups in total. The standard InChI is InChI=1S/C32H26O/c1-4-10-25(11-5-1)16-19-28-24-32-31(22-23-33-32)30(21-18-27-14-8-3-9-15-27)29(28)20-17-26-12-6-2-7-13-26/h1-21,24H,22-23H2. The van der Waals surface area contributed by atoms with Gasteiger partial charge in [0.15, 0.2) is 0 Å². The number of hydrogen-bond donors (Lipinski definition) is 0. The van der Waals surface area contributed by atoms with Gasteiger partial charge >= 0.3 is 0 Å². The summed E-state index contributed by atoms with van der Waals surface area (Å²) in [5.41, 5.74) is 8.43. The van der Waals surface area contributed by atoms with Crippen molar-refractivity contribution in [3.63, 3.8) is 0 Å². The minimum Gasteiger partial charge on any atom is -0.493 e. The second kappa shape index (κ2) is 10.0. The fraction of sp³-hybridized carbons (Fsp3) is 0.0625. The predicted molar refractivity (Wildman–Crippen MR) is 142 cm³/mol. The Morgan fingerprint density at radius 1 is 0.515 bits per heavy atom. The topological polar surface area (TPSA) is 9.23 Å². The van der Waals surface area contributed by atoms with Gasteiger partial charge in [-0.25, -0.2) is 0 Å². The summed E-state index contributed by atoms with van der Waals surface area (Å²) in [6, 6.07) is 33.5. The Labute approximate surface area is 196 Å². The maximum atomic E-state index is 6.01. The molecular weight excluding hydrogens is 400 g/mol. The zero-order valence-electron chi connectivity index (χ0n) is 18.5. The minimum absolute atomic E-state index is 0.731. The van der Waals surface area contributed by atoms with E-state index in [2.05, 4.69) is 115 Å². The zero-order valence-corrected chi connectivity index (χ0v) is 18.5. The Bertz CT molecular complexity index is 1300. The van der Waals surface area contributed by atoms with E-state index in [1.807, 2.05) is 18.2 Å². The van der Waals surface area contributed by atoms with E-state index < -0.39 is 0 Å². The van der Waals surface area contributed by atoms with Gasteiger partial charge in [0.2, 0.25) is 0 Å². The van der Waals surface area contributed by atoms with Crippen molar-refractivity contribution in [1.82, 2.24) is 0 Å². The van der Waals surface area contributed by atoms with Gasteiger partial charge in [0.05, 0.1) is 6.61 Å². The van der Waals surface area contributed by atoms with Crippen LogP contribution in [0, 0.1) is 0 Å². The molecule has 1 heterocycles. The van der Waals surface area contributed by atoms with E-state index in [0.717, 1.165) is 24.3 Å². The average Bonchev–Trinajstić information content (AvgIpc) is 3.35. The lowest BCUT2D eigenvalue weighted by molar-refractivity contribution is 0.357. The van der Waals surface area contributed by atoms with E-state index in [1.165, 1.54) is 33.4 Å². The lowest BCUT2D eigenvalue weighted by Gasteiger charge is -2.12. The van der Waals surface area contributed by atoms with Crippen LogP contribution >= 0.6 is 0 Å². The molecule has 0 aromatic heterocycles. The maximum absolute atomic E-state index is 6.01. The van der Waals surface area contributed by atoms with Gasteiger partial charge in [-0.15, -0.1) is 0 Å². The van der Waals surface area contributed by atoms with E-state index in [4.69, 9.17) is 4.74 Å². The minimum atomic E-state index is 0.731. The highest BCUT2D eigenvalue weighted by molar-refractivity contribution is 5.88. The first-order chi connectivity index (χ1) is 16.4. The molecular formula is C32H26O. The Balaban J connectivity index is 1.63. The first-order valence-electron chi connectivity index (χ1n) is 11.4. The van der Waals surface area contributed by atoms with Crippen molar-refractivity contribution >= 4 is 36.5 Å². The number of hydrogen-bond acceptors (Lipinski definition) is 1. The van der Waals surface area contributed by atoms with Crippen LogP contribution in [0.25, 0.3) is 36.5 Å². The third-order valence-electron chi connectivity index (χ3n) is 5.86. The van der Waals surface area contributed by atoms with E-state index in [9.17, 15) is 0 Å². The van der Waals surface area contributed by atoms with Crippen molar-refractivity contribution in [3.05, 3.63) is 136 Å². The molecule has 0 atom stereocenters. The van der Waals surface area contributed by atoms with Gasteiger partial charge in [-0.2, -0.15) is 0 Å². The summed E-state index contributed by atoms with van der Waals surface area (Å²) in [4.78, 5) is 0. The van der Waals surface area contributed by atoms with Crippen LogP contribution in [0.1, 0.15) is 38.9 Å². The molecule has 5 rings (SSSR count). The molecule has 1 aliphatic rings. The van der Waals surface area contributed by atoms with Crippen molar-refractivity contribution in [2.45, 2.75) is 6.42 Å². The SMILES string of the molecule is C(=Cc1cc2c(c(C=Cc3ccccc3)c1C=Cc1ccccc1)CCO2)c1ccccc1. The molecule has 0 amide bonds. The van der Waals surface area contributed by atoms with Crippen LogP contribution in [0.4, 0.5) is 0 Å². The summed E-state index contributed by atoms with van der Waals surface area (Å²) < 4.78 is 6.01. The Morgan fingerprint density at radius 2 is 1.00 bits per heavy atom. The Kier molecular flexibility index (Phi) is 6.31. The summed E-state index contributed by atoms with van der Waals surface area (Å²) in [5.74, 6) is 0.993. The summed E-state index contributed by atoms with van der Waals surface area (Å²) >= 11 is 0. The second-order valence-electron chi connectivity index (χ2n) is 8.10. The number of rotatable bonds is 6. The lowest BCUT2D eigenvalue weighted by Crippen LogP contribution is -1.93. The van der Waals surface area contributed by atoms with Crippen LogP contribution in [-0.4, -0.2) is 6.61 Å². The molecule has 0 saturated heterocycles. The van der Waals surface area contributed by atoms with Crippen molar-refractivity contribution in [1.29, 1.82) is 0 Å². The molecule has 1 heteroatoms. The van der Waals surface area contributed by atoms with Crippen molar-refractivity contribution in [2.75, 3.05) is 6.61 Å². The van der Waals surface area contributed by atoms with Crippen molar-refractivity contribution in [2.24, 2.45) is 0 Å². The van der Waals surface area contributed by atoms with Crippen molar-refractivity contribution in [3.8, 4) is 5.75 Å². The monoisotopic (exact) mass is 426 g/mol. The molecule has 0 saturated carbocycles. The summed E-state index contributed by atoms with van der Waals surface area (Å²) in [6.07, 6.45) is 14.2. The van der Waals surface area contributed by atoms with Gasteiger partial charge in [-0.3, -0.25) is 0 Å². The molecule has 1 aliphatic heterocycles. The van der Waals surface area contributed by atoms with Gasteiger partial charge in [0.25, 0.3) is 0 Å². The first-order valence-corrected chi connectivity index (χ1v) is 11.4. The van der Waals surface area contributed by atoms with Crippen LogP contribution in [0.5, 0.6) is 5.75 Å². The third-order valence-corrected chi connectivity index (χ3v) is 5.86. The highest BCUT2D eigenvalue weighted by Gasteiger charge is 2.19. The molecule has 1 nitrogen and oxygen atoms in total. The highest BCUT2D eigenvalue weighted by Crippen LogP contribution is 2.36. The van der Waals surface area contributed by atoms with Gasteiger partial charge in [0, 0.05) is 12.0 Å². The van der Waals surface area contributed by atoms with E-state index in [1.54, 1.807) is 0 Å². The highest BCUT2D eigenvalue weighted by atomic mass is 16.5. The van der Waals surface area contributed by atoms with Crippen LogP contribution < -0.4 is 4.74 Å². The van der Waals surface area contributed by atoms with E-state index in [0.29, 0.717) is 0 Å². The molecule has 0 bridgehead atoms. The molecule has 0 fully saturated rings. The van der Waals surface area contributed by atoms with Crippen LogP contribution in [0.3, 0.4) is 0 Å². The quantitative estimate of drug-likeness (QED) is 0.283. The van der Waals surface area contributed by atoms with Crippen LogP contribution in [0.2, 0.25) is 0 Å². The molecule has 4 aromatic carbocycles. The normalized spacial score (nSPS) is 13.1. The average molecular weight is 427 g/mol. The molecule has 160 valence electrons. The summed E-state index contributed by atoms with van der Waals surface area (Å²) in [5, 5.41) is 0. The lowest BCUT2D eigenvalue weighted by atomic mass is 9.92. The van der Waals surface area contributed by atoms with Gasteiger partial charge in [0.1, 0.15) is 5.75 Å². The number of benzene rings is 4. The molecule has 0 unspecified atom stereocenters. The van der Waals surface area contributed by atoms with E-state index >= 15 is 0 Å².